The van der Waals surface area contributed by atoms with E-state index < -0.39 is 7.60 Å². The second kappa shape index (κ2) is 8.78. The van der Waals surface area contributed by atoms with Crippen LogP contribution in [0.5, 0.6) is 0 Å². The van der Waals surface area contributed by atoms with Crippen molar-refractivity contribution >= 4 is 13.5 Å². The SMILES string of the molecule is CCOP(=O)(CC(=O)N1CCCC[C@H]1CCO)OCC. The first-order valence-electron chi connectivity index (χ1n) is 7.34. The van der Waals surface area contributed by atoms with Gasteiger partial charge in [-0.05, 0) is 39.5 Å². The molecule has 1 heterocycles. The standard InChI is InChI=1S/C13H26NO5P/c1-3-18-20(17,19-4-2)11-13(16)14-9-6-5-7-12(14)8-10-15/h12,15H,3-11H2,1-2H3/t12-/m0/s1. The van der Waals surface area contributed by atoms with E-state index in [9.17, 15) is 9.36 Å². The van der Waals surface area contributed by atoms with Gasteiger partial charge in [0.05, 0.1) is 13.2 Å². The minimum Gasteiger partial charge on any atom is -0.396 e. The van der Waals surface area contributed by atoms with E-state index in [-0.39, 0.29) is 37.9 Å². The number of hydrogen-bond donors (Lipinski definition) is 1. The van der Waals surface area contributed by atoms with Gasteiger partial charge in [-0.3, -0.25) is 9.36 Å². The summed E-state index contributed by atoms with van der Waals surface area (Å²) in [6.45, 7) is 4.68. The Balaban J connectivity index is 2.68. The number of nitrogens with zero attached hydrogens (tertiary/aromatic N) is 1. The van der Waals surface area contributed by atoms with Crippen molar-refractivity contribution in [1.29, 1.82) is 0 Å². The molecule has 1 atom stereocenters. The Morgan fingerprint density at radius 1 is 1.30 bits per heavy atom. The molecule has 1 rings (SSSR count). The molecule has 0 aromatic rings. The van der Waals surface area contributed by atoms with Crippen LogP contribution in [0.2, 0.25) is 0 Å². The number of aliphatic hydroxyl groups excluding tert-OH is 1. The largest absolute Gasteiger partial charge is 0.396 e. The summed E-state index contributed by atoms with van der Waals surface area (Å²) in [6.07, 6.45) is 3.25. The normalized spacial score (nSPS) is 20.1. The first kappa shape index (κ1) is 17.6. The number of aliphatic hydroxyl groups is 1. The molecular formula is C13H26NO5P. The Bertz CT molecular complexity index is 338. The fraction of sp³-hybridized carbons (Fsp3) is 0.923. The first-order valence-corrected chi connectivity index (χ1v) is 9.07. The van der Waals surface area contributed by atoms with Gasteiger partial charge in [0.1, 0.15) is 6.16 Å². The molecule has 20 heavy (non-hydrogen) atoms. The Morgan fingerprint density at radius 2 is 1.95 bits per heavy atom. The molecule has 0 aromatic heterocycles. The predicted octanol–water partition coefficient (Wildman–Crippen LogP) is 2.02. The van der Waals surface area contributed by atoms with Crippen molar-refractivity contribution in [2.24, 2.45) is 0 Å². The summed E-state index contributed by atoms with van der Waals surface area (Å²) in [6, 6.07) is 0.0398. The molecule has 1 amide bonds. The van der Waals surface area contributed by atoms with Gasteiger partial charge >= 0.3 is 7.60 Å². The summed E-state index contributed by atoms with van der Waals surface area (Å²) < 4.78 is 22.7. The second-order valence-electron chi connectivity index (χ2n) is 4.85. The fourth-order valence-corrected chi connectivity index (χ4v) is 4.11. The molecule has 1 N–H and O–H groups in total. The molecule has 6 nitrogen and oxygen atoms in total. The van der Waals surface area contributed by atoms with Gasteiger partial charge in [0.2, 0.25) is 5.91 Å². The predicted molar refractivity (Wildman–Crippen MR) is 76.8 cm³/mol. The zero-order valence-electron chi connectivity index (χ0n) is 12.4. The van der Waals surface area contributed by atoms with E-state index in [1.807, 2.05) is 0 Å². The molecule has 0 bridgehead atoms. The van der Waals surface area contributed by atoms with Crippen LogP contribution in [0, 0.1) is 0 Å². The highest BCUT2D eigenvalue weighted by molar-refractivity contribution is 7.54. The van der Waals surface area contributed by atoms with Crippen LogP contribution in [0.25, 0.3) is 0 Å². The summed E-state index contributed by atoms with van der Waals surface area (Å²) in [5, 5.41) is 9.08. The van der Waals surface area contributed by atoms with E-state index >= 15 is 0 Å². The quantitative estimate of drug-likeness (QED) is 0.694. The summed E-state index contributed by atoms with van der Waals surface area (Å²) in [5.74, 6) is -0.201. The maximum absolute atomic E-state index is 12.4. The highest BCUT2D eigenvalue weighted by Gasteiger charge is 2.33. The number of hydrogen-bond acceptors (Lipinski definition) is 5. The average molecular weight is 307 g/mol. The molecular weight excluding hydrogens is 281 g/mol. The number of amides is 1. The molecule has 0 aliphatic carbocycles. The smallest absolute Gasteiger partial charge is 0.340 e. The number of rotatable bonds is 8. The molecule has 1 fully saturated rings. The van der Waals surface area contributed by atoms with Crippen LogP contribution in [0.1, 0.15) is 39.5 Å². The lowest BCUT2D eigenvalue weighted by Gasteiger charge is -2.36. The van der Waals surface area contributed by atoms with Gasteiger partial charge in [0.15, 0.2) is 0 Å². The first-order chi connectivity index (χ1) is 9.56. The molecule has 1 aliphatic rings. The van der Waals surface area contributed by atoms with Crippen LogP contribution in [0.4, 0.5) is 0 Å². The maximum atomic E-state index is 12.4. The average Bonchev–Trinajstić information content (AvgIpc) is 2.40. The third-order valence-electron chi connectivity index (χ3n) is 3.39. The van der Waals surface area contributed by atoms with E-state index in [0.717, 1.165) is 19.3 Å². The van der Waals surface area contributed by atoms with Gasteiger partial charge < -0.3 is 19.1 Å². The number of carbonyl (C=O) groups excluding carboxylic acids is 1. The second-order valence-corrected chi connectivity index (χ2v) is 6.91. The third-order valence-corrected chi connectivity index (χ3v) is 5.35. The van der Waals surface area contributed by atoms with E-state index in [4.69, 9.17) is 14.2 Å². The minimum atomic E-state index is -3.34. The van der Waals surface area contributed by atoms with Gasteiger partial charge in [0, 0.05) is 19.2 Å². The summed E-state index contributed by atoms with van der Waals surface area (Å²) in [7, 11) is -3.34. The fourth-order valence-electron chi connectivity index (χ4n) is 2.56. The third kappa shape index (κ3) is 5.17. The van der Waals surface area contributed by atoms with Crippen LogP contribution in [-0.4, -0.2) is 54.5 Å². The lowest BCUT2D eigenvalue weighted by Crippen LogP contribution is -2.45. The van der Waals surface area contributed by atoms with Crippen LogP contribution in [0.15, 0.2) is 0 Å². The van der Waals surface area contributed by atoms with Crippen molar-refractivity contribution in [2.45, 2.75) is 45.6 Å². The van der Waals surface area contributed by atoms with Crippen molar-refractivity contribution in [3.63, 3.8) is 0 Å². The molecule has 0 spiro atoms. The van der Waals surface area contributed by atoms with Crippen molar-refractivity contribution in [3.05, 3.63) is 0 Å². The van der Waals surface area contributed by atoms with Crippen molar-refractivity contribution in [3.8, 4) is 0 Å². The van der Waals surface area contributed by atoms with E-state index in [0.29, 0.717) is 13.0 Å². The summed E-state index contributed by atoms with van der Waals surface area (Å²) >= 11 is 0. The molecule has 1 saturated heterocycles. The number of piperidine rings is 1. The van der Waals surface area contributed by atoms with Crippen molar-refractivity contribution < 1.29 is 23.5 Å². The molecule has 1 aliphatic heterocycles. The number of carbonyl (C=O) groups is 1. The maximum Gasteiger partial charge on any atom is 0.340 e. The van der Waals surface area contributed by atoms with Gasteiger partial charge in [-0.2, -0.15) is 0 Å². The Labute approximate surface area is 121 Å². The Hall–Kier alpha value is -0.420. The zero-order valence-corrected chi connectivity index (χ0v) is 13.3. The molecule has 0 unspecified atom stereocenters. The van der Waals surface area contributed by atoms with Crippen LogP contribution in [0.3, 0.4) is 0 Å². The summed E-state index contributed by atoms with van der Waals surface area (Å²) in [5.41, 5.74) is 0. The molecule has 7 heteroatoms. The molecule has 0 saturated carbocycles. The highest BCUT2D eigenvalue weighted by Crippen LogP contribution is 2.48. The zero-order chi connectivity index (χ0) is 15.0. The summed E-state index contributed by atoms with van der Waals surface area (Å²) in [4.78, 5) is 14.1. The lowest BCUT2D eigenvalue weighted by atomic mass is 10.00. The highest BCUT2D eigenvalue weighted by atomic mass is 31.2. The Kier molecular flexibility index (Phi) is 7.74. The number of likely N-dealkylation sites (tertiary alicyclic amines) is 1. The Morgan fingerprint density at radius 3 is 2.50 bits per heavy atom. The molecule has 0 aromatic carbocycles. The molecule has 118 valence electrons. The van der Waals surface area contributed by atoms with Crippen LogP contribution < -0.4 is 0 Å². The van der Waals surface area contributed by atoms with Crippen LogP contribution in [-0.2, 0) is 18.4 Å². The minimum absolute atomic E-state index is 0.0398. The lowest BCUT2D eigenvalue weighted by molar-refractivity contribution is -0.132. The topological polar surface area (TPSA) is 76.1 Å². The van der Waals surface area contributed by atoms with Crippen molar-refractivity contribution in [1.82, 2.24) is 4.90 Å². The van der Waals surface area contributed by atoms with Gasteiger partial charge in [0.25, 0.3) is 0 Å². The van der Waals surface area contributed by atoms with E-state index in [2.05, 4.69) is 0 Å². The van der Waals surface area contributed by atoms with E-state index in [1.54, 1.807) is 18.7 Å². The van der Waals surface area contributed by atoms with E-state index in [1.165, 1.54) is 0 Å². The van der Waals surface area contributed by atoms with Gasteiger partial charge in [-0.25, -0.2) is 0 Å². The van der Waals surface area contributed by atoms with Gasteiger partial charge in [-0.1, -0.05) is 0 Å². The van der Waals surface area contributed by atoms with Crippen LogP contribution >= 0.6 is 7.60 Å². The van der Waals surface area contributed by atoms with Crippen molar-refractivity contribution in [2.75, 3.05) is 32.5 Å². The van der Waals surface area contributed by atoms with Gasteiger partial charge in [-0.15, -0.1) is 0 Å². The molecule has 0 radical (unpaired) electrons. The monoisotopic (exact) mass is 307 g/mol.